The summed E-state index contributed by atoms with van der Waals surface area (Å²) < 4.78 is 9.92. The maximum absolute atomic E-state index is 11.7. The third kappa shape index (κ3) is 2.03. The van der Waals surface area contributed by atoms with Gasteiger partial charge in [0.15, 0.2) is 5.41 Å². The molecule has 0 unspecified atom stereocenters. The fourth-order valence-corrected chi connectivity index (χ4v) is 1.84. The van der Waals surface area contributed by atoms with Crippen LogP contribution >= 0.6 is 0 Å². The average Bonchev–Trinajstić information content (AvgIpc) is 2.43. The summed E-state index contributed by atoms with van der Waals surface area (Å²) in [6, 6.07) is 0. The van der Waals surface area contributed by atoms with Gasteiger partial charge in [-0.05, 0) is 20.3 Å². The Kier molecular flexibility index (Phi) is 3.50. The summed E-state index contributed by atoms with van der Waals surface area (Å²) in [5.41, 5.74) is -1.16. The molecule has 0 aromatic rings. The second-order valence-electron chi connectivity index (χ2n) is 3.72. The van der Waals surface area contributed by atoms with Crippen molar-refractivity contribution in [2.45, 2.75) is 32.8 Å². The van der Waals surface area contributed by atoms with Crippen molar-refractivity contribution in [1.82, 2.24) is 0 Å². The van der Waals surface area contributed by atoms with E-state index in [4.69, 9.17) is 9.47 Å². The first-order chi connectivity index (χ1) is 7.06. The molecule has 15 heavy (non-hydrogen) atoms. The molecular formula is C11H16O4. The molecule has 0 amide bonds. The highest BCUT2D eigenvalue weighted by Crippen LogP contribution is 2.38. The molecule has 1 aliphatic rings. The van der Waals surface area contributed by atoms with Gasteiger partial charge in [-0.2, -0.15) is 0 Å². The Morgan fingerprint density at radius 2 is 2.47 bits per heavy atom. The lowest BCUT2D eigenvalue weighted by Gasteiger charge is -2.20. The Balaban J connectivity index is 2.92. The second kappa shape index (κ2) is 4.47. The van der Waals surface area contributed by atoms with E-state index in [1.807, 2.05) is 0 Å². The fraction of sp³-hybridized carbons (Fsp3) is 0.636. The number of hydrogen-bond donors (Lipinski definition) is 0. The molecule has 1 rings (SSSR count). The lowest BCUT2D eigenvalue weighted by molar-refractivity contribution is -0.164. The van der Waals surface area contributed by atoms with Crippen molar-refractivity contribution >= 4 is 11.9 Å². The van der Waals surface area contributed by atoms with Crippen molar-refractivity contribution in [3.8, 4) is 0 Å². The van der Waals surface area contributed by atoms with Gasteiger partial charge in [-0.3, -0.25) is 9.59 Å². The summed E-state index contributed by atoms with van der Waals surface area (Å²) in [6.07, 6.45) is 1.96. The molecule has 84 valence electrons. The van der Waals surface area contributed by atoms with E-state index in [1.165, 1.54) is 0 Å². The minimum Gasteiger partial charge on any atom is -0.465 e. The zero-order valence-corrected chi connectivity index (χ0v) is 9.12. The SMILES string of the molecule is C=CC[C@]1(C(=O)OCC)C[C@H](C)OC1=O. The maximum Gasteiger partial charge on any atom is 0.324 e. The molecule has 0 aromatic heterocycles. The van der Waals surface area contributed by atoms with Crippen molar-refractivity contribution < 1.29 is 19.1 Å². The molecule has 0 radical (unpaired) electrons. The first-order valence-corrected chi connectivity index (χ1v) is 5.06. The van der Waals surface area contributed by atoms with Gasteiger partial charge in [-0.15, -0.1) is 6.58 Å². The van der Waals surface area contributed by atoms with E-state index in [2.05, 4.69) is 6.58 Å². The molecule has 0 spiro atoms. The van der Waals surface area contributed by atoms with Crippen molar-refractivity contribution in [3.63, 3.8) is 0 Å². The van der Waals surface area contributed by atoms with Gasteiger partial charge >= 0.3 is 11.9 Å². The zero-order valence-electron chi connectivity index (χ0n) is 9.12. The Hall–Kier alpha value is -1.32. The van der Waals surface area contributed by atoms with Gasteiger partial charge in [0.05, 0.1) is 6.61 Å². The van der Waals surface area contributed by atoms with E-state index >= 15 is 0 Å². The summed E-state index contributed by atoms with van der Waals surface area (Å²) in [5, 5.41) is 0. The van der Waals surface area contributed by atoms with Gasteiger partial charge in [0, 0.05) is 6.42 Å². The molecule has 2 atom stereocenters. The van der Waals surface area contributed by atoms with Crippen molar-refractivity contribution in [2.24, 2.45) is 5.41 Å². The summed E-state index contributed by atoms with van der Waals surface area (Å²) in [5.74, 6) is -0.993. The van der Waals surface area contributed by atoms with Crippen LogP contribution in [0.1, 0.15) is 26.7 Å². The highest BCUT2D eigenvalue weighted by Gasteiger charge is 2.54. The Morgan fingerprint density at radius 3 is 2.87 bits per heavy atom. The molecule has 1 fully saturated rings. The molecule has 0 N–H and O–H groups in total. The zero-order chi connectivity index (χ0) is 11.5. The number of esters is 2. The third-order valence-corrected chi connectivity index (χ3v) is 2.49. The molecular weight excluding hydrogens is 196 g/mol. The van der Waals surface area contributed by atoms with E-state index in [0.29, 0.717) is 6.42 Å². The molecule has 4 heteroatoms. The lowest BCUT2D eigenvalue weighted by atomic mass is 9.81. The largest absolute Gasteiger partial charge is 0.465 e. The van der Waals surface area contributed by atoms with Gasteiger partial charge in [0.25, 0.3) is 0 Å². The average molecular weight is 212 g/mol. The monoisotopic (exact) mass is 212 g/mol. The summed E-state index contributed by atoms with van der Waals surface area (Å²) in [6.45, 7) is 7.30. The standard InChI is InChI=1S/C11H16O4/c1-4-6-11(9(12)14-5-2)7-8(3)15-10(11)13/h4,8H,1,5-7H2,2-3H3/t8-,11+/m0/s1. The maximum atomic E-state index is 11.7. The third-order valence-electron chi connectivity index (χ3n) is 2.49. The molecule has 1 saturated heterocycles. The first kappa shape index (κ1) is 11.8. The number of hydrogen-bond acceptors (Lipinski definition) is 4. The number of rotatable bonds is 4. The van der Waals surface area contributed by atoms with Crippen LogP contribution in [0.3, 0.4) is 0 Å². The first-order valence-electron chi connectivity index (χ1n) is 5.06. The molecule has 0 aliphatic carbocycles. The van der Waals surface area contributed by atoms with Gasteiger partial charge < -0.3 is 9.47 Å². The van der Waals surface area contributed by atoms with Crippen LogP contribution in [0.25, 0.3) is 0 Å². The van der Waals surface area contributed by atoms with Crippen LogP contribution in [0.5, 0.6) is 0 Å². The number of carbonyl (C=O) groups excluding carboxylic acids is 2. The predicted molar refractivity (Wildman–Crippen MR) is 54.1 cm³/mol. The van der Waals surface area contributed by atoms with E-state index in [1.54, 1.807) is 19.9 Å². The molecule has 0 aromatic carbocycles. The molecule has 1 aliphatic heterocycles. The van der Waals surface area contributed by atoms with E-state index < -0.39 is 17.4 Å². The predicted octanol–water partition coefficient (Wildman–Crippen LogP) is 1.45. The van der Waals surface area contributed by atoms with E-state index in [0.717, 1.165) is 0 Å². The smallest absolute Gasteiger partial charge is 0.324 e. The van der Waals surface area contributed by atoms with Crippen LogP contribution in [0, 0.1) is 5.41 Å². The molecule has 0 bridgehead atoms. The minimum absolute atomic E-state index is 0.234. The molecule has 4 nitrogen and oxygen atoms in total. The van der Waals surface area contributed by atoms with Gasteiger partial charge in [0.2, 0.25) is 0 Å². The normalized spacial score (nSPS) is 29.7. The minimum atomic E-state index is -1.16. The van der Waals surface area contributed by atoms with Crippen LogP contribution in [0.2, 0.25) is 0 Å². The molecule has 1 heterocycles. The lowest BCUT2D eigenvalue weighted by Crippen LogP contribution is -2.37. The summed E-state index contributed by atoms with van der Waals surface area (Å²) in [4.78, 5) is 23.4. The van der Waals surface area contributed by atoms with Crippen LogP contribution in [0.15, 0.2) is 12.7 Å². The van der Waals surface area contributed by atoms with Crippen LogP contribution in [0.4, 0.5) is 0 Å². The summed E-state index contributed by atoms with van der Waals surface area (Å²) >= 11 is 0. The highest BCUT2D eigenvalue weighted by atomic mass is 16.6. The Labute approximate surface area is 89.2 Å². The van der Waals surface area contributed by atoms with E-state index in [9.17, 15) is 9.59 Å². The van der Waals surface area contributed by atoms with Gasteiger partial charge in [-0.1, -0.05) is 6.08 Å². The van der Waals surface area contributed by atoms with Crippen LogP contribution < -0.4 is 0 Å². The quantitative estimate of drug-likeness (QED) is 0.402. The van der Waals surface area contributed by atoms with Crippen molar-refractivity contribution in [1.29, 1.82) is 0 Å². The fourth-order valence-electron chi connectivity index (χ4n) is 1.84. The van der Waals surface area contributed by atoms with Crippen molar-refractivity contribution in [3.05, 3.63) is 12.7 Å². The van der Waals surface area contributed by atoms with Crippen molar-refractivity contribution in [2.75, 3.05) is 6.61 Å². The van der Waals surface area contributed by atoms with E-state index in [-0.39, 0.29) is 19.1 Å². The van der Waals surface area contributed by atoms with Gasteiger partial charge in [0.1, 0.15) is 6.10 Å². The van der Waals surface area contributed by atoms with Crippen LogP contribution in [-0.4, -0.2) is 24.6 Å². The van der Waals surface area contributed by atoms with Crippen LogP contribution in [-0.2, 0) is 19.1 Å². The second-order valence-corrected chi connectivity index (χ2v) is 3.72. The Morgan fingerprint density at radius 1 is 1.80 bits per heavy atom. The topological polar surface area (TPSA) is 52.6 Å². The Bertz CT molecular complexity index is 284. The highest BCUT2D eigenvalue weighted by molar-refractivity contribution is 6.01. The number of ether oxygens (including phenoxy) is 2. The molecule has 0 saturated carbocycles. The summed E-state index contributed by atoms with van der Waals surface area (Å²) in [7, 11) is 0. The number of allylic oxidation sites excluding steroid dienone is 1. The number of carbonyl (C=O) groups is 2. The van der Waals surface area contributed by atoms with Gasteiger partial charge in [-0.25, -0.2) is 0 Å². The number of cyclic esters (lactones) is 1.